The molecular weight excluding hydrogens is 294 g/mol. The van der Waals surface area contributed by atoms with Crippen LogP contribution in [0.15, 0.2) is 36.4 Å². The molecule has 0 aliphatic carbocycles. The fourth-order valence-electron chi connectivity index (χ4n) is 2.32. The number of phenols is 2. The molecule has 122 valence electrons. The van der Waals surface area contributed by atoms with E-state index < -0.39 is 5.91 Å². The Morgan fingerprint density at radius 2 is 1.74 bits per heavy atom. The van der Waals surface area contributed by atoms with Gasteiger partial charge in [0.15, 0.2) is 0 Å². The van der Waals surface area contributed by atoms with Gasteiger partial charge in [-0.1, -0.05) is 39.0 Å². The molecule has 0 bridgehead atoms. The smallest absolute Gasteiger partial charge is 0.259 e. The normalized spacial score (nSPS) is 11.1. The van der Waals surface area contributed by atoms with Crippen molar-refractivity contribution in [1.29, 1.82) is 0 Å². The first-order chi connectivity index (χ1) is 10.8. The van der Waals surface area contributed by atoms with Gasteiger partial charge in [0.1, 0.15) is 22.9 Å². The Bertz CT molecular complexity index is 732. The predicted octanol–water partition coefficient (Wildman–Crippen LogP) is 3.66. The number of anilines is 1. The zero-order chi connectivity index (χ0) is 17.2. The van der Waals surface area contributed by atoms with Gasteiger partial charge in [0.05, 0.1) is 12.7 Å². The number of amides is 1. The molecule has 0 spiro atoms. The van der Waals surface area contributed by atoms with Crippen molar-refractivity contribution in [2.75, 3.05) is 12.4 Å². The molecule has 0 fully saturated rings. The summed E-state index contributed by atoms with van der Waals surface area (Å²) in [6, 6.07) is 9.84. The number of methoxy groups -OCH3 is 1. The Morgan fingerprint density at radius 1 is 1.09 bits per heavy atom. The third-order valence-electron chi connectivity index (χ3n) is 3.55. The van der Waals surface area contributed by atoms with Crippen LogP contribution in [-0.2, 0) is 5.41 Å². The molecule has 1 amide bonds. The molecule has 2 aromatic carbocycles. The summed E-state index contributed by atoms with van der Waals surface area (Å²) < 4.78 is 5.16. The summed E-state index contributed by atoms with van der Waals surface area (Å²) in [5, 5.41) is 23.0. The first kappa shape index (κ1) is 16.7. The molecule has 0 aromatic heterocycles. The SMILES string of the molecule is COc1ccccc1C(=O)Nc1c(O)ccc(C(C)(C)C)c1O. The van der Waals surface area contributed by atoms with Crippen LogP contribution in [0.5, 0.6) is 17.2 Å². The standard InChI is InChI=1S/C18H21NO4/c1-18(2,3)12-9-10-13(20)15(16(12)21)19-17(22)11-7-5-6-8-14(11)23-4/h5-10,20-21H,1-4H3,(H,19,22). The summed E-state index contributed by atoms with van der Waals surface area (Å²) in [4.78, 5) is 12.4. The van der Waals surface area contributed by atoms with Crippen LogP contribution in [0.2, 0.25) is 0 Å². The molecule has 5 heteroatoms. The second kappa shape index (κ2) is 6.20. The molecule has 0 aliphatic heterocycles. The quantitative estimate of drug-likeness (QED) is 0.755. The molecule has 2 rings (SSSR count). The Morgan fingerprint density at radius 3 is 2.35 bits per heavy atom. The van der Waals surface area contributed by atoms with E-state index in [2.05, 4.69) is 5.32 Å². The van der Waals surface area contributed by atoms with E-state index in [0.29, 0.717) is 16.9 Å². The highest BCUT2D eigenvalue weighted by atomic mass is 16.5. The van der Waals surface area contributed by atoms with Gasteiger partial charge in [0, 0.05) is 5.56 Å². The van der Waals surface area contributed by atoms with E-state index >= 15 is 0 Å². The van der Waals surface area contributed by atoms with E-state index in [9.17, 15) is 15.0 Å². The Labute approximate surface area is 135 Å². The van der Waals surface area contributed by atoms with Crippen molar-refractivity contribution in [3.8, 4) is 17.2 Å². The van der Waals surface area contributed by atoms with Gasteiger partial charge in [-0.15, -0.1) is 0 Å². The van der Waals surface area contributed by atoms with Gasteiger partial charge in [-0.05, 0) is 23.6 Å². The number of carbonyl (C=O) groups is 1. The number of hydrogen-bond acceptors (Lipinski definition) is 4. The number of nitrogens with one attached hydrogen (secondary N) is 1. The molecule has 23 heavy (non-hydrogen) atoms. The topological polar surface area (TPSA) is 78.8 Å². The lowest BCUT2D eigenvalue weighted by atomic mass is 9.86. The lowest BCUT2D eigenvalue weighted by molar-refractivity contribution is 0.102. The third kappa shape index (κ3) is 3.39. The fraction of sp³-hybridized carbons (Fsp3) is 0.278. The minimum atomic E-state index is -0.473. The highest BCUT2D eigenvalue weighted by Gasteiger charge is 2.23. The number of ether oxygens (including phenoxy) is 1. The van der Waals surface area contributed by atoms with E-state index in [0.717, 1.165) is 0 Å². The molecule has 2 aromatic rings. The summed E-state index contributed by atoms with van der Waals surface area (Å²) in [7, 11) is 1.47. The van der Waals surface area contributed by atoms with Crippen molar-refractivity contribution in [3.05, 3.63) is 47.5 Å². The van der Waals surface area contributed by atoms with E-state index in [-0.39, 0.29) is 22.6 Å². The number of phenolic OH excluding ortho intramolecular Hbond substituents is 2. The first-order valence-corrected chi connectivity index (χ1v) is 7.25. The zero-order valence-corrected chi connectivity index (χ0v) is 13.7. The number of rotatable bonds is 3. The van der Waals surface area contributed by atoms with Crippen molar-refractivity contribution in [3.63, 3.8) is 0 Å². The van der Waals surface area contributed by atoms with Gasteiger partial charge in [0.25, 0.3) is 5.91 Å². The van der Waals surface area contributed by atoms with Crippen LogP contribution >= 0.6 is 0 Å². The van der Waals surface area contributed by atoms with Crippen molar-refractivity contribution < 1.29 is 19.7 Å². The van der Waals surface area contributed by atoms with Crippen LogP contribution in [0.25, 0.3) is 0 Å². The number of para-hydroxylation sites is 1. The maximum Gasteiger partial charge on any atom is 0.259 e. The van der Waals surface area contributed by atoms with Crippen molar-refractivity contribution in [1.82, 2.24) is 0 Å². The molecule has 0 saturated heterocycles. The van der Waals surface area contributed by atoms with Gasteiger partial charge in [-0.25, -0.2) is 0 Å². The van der Waals surface area contributed by atoms with E-state index in [4.69, 9.17) is 4.74 Å². The summed E-state index contributed by atoms with van der Waals surface area (Å²) in [6.45, 7) is 5.81. The number of hydrogen-bond donors (Lipinski definition) is 3. The molecule has 0 saturated carbocycles. The Balaban J connectivity index is 2.42. The molecule has 0 aliphatic rings. The van der Waals surface area contributed by atoms with Crippen LogP contribution in [0, 0.1) is 0 Å². The minimum absolute atomic E-state index is 0.00617. The monoisotopic (exact) mass is 315 g/mol. The summed E-state index contributed by atoms with van der Waals surface area (Å²) in [5.41, 5.74) is 0.607. The Kier molecular flexibility index (Phi) is 4.50. The zero-order valence-electron chi connectivity index (χ0n) is 13.7. The molecule has 5 nitrogen and oxygen atoms in total. The van der Waals surface area contributed by atoms with E-state index in [1.165, 1.54) is 13.2 Å². The van der Waals surface area contributed by atoms with Gasteiger partial charge in [-0.3, -0.25) is 4.79 Å². The molecule has 0 atom stereocenters. The molecule has 0 heterocycles. The largest absolute Gasteiger partial charge is 0.506 e. The second-order valence-corrected chi connectivity index (χ2v) is 6.26. The van der Waals surface area contributed by atoms with Gasteiger partial charge < -0.3 is 20.3 Å². The maximum absolute atomic E-state index is 12.4. The summed E-state index contributed by atoms with van der Waals surface area (Å²) >= 11 is 0. The van der Waals surface area contributed by atoms with Crippen LogP contribution in [-0.4, -0.2) is 23.2 Å². The van der Waals surface area contributed by atoms with Crippen LogP contribution in [0.1, 0.15) is 36.7 Å². The van der Waals surface area contributed by atoms with E-state index in [1.54, 1.807) is 30.3 Å². The average Bonchev–Trinajstić information content (AvgIpc) is 2.49. The number of benzene rings is 2. The van der Waals surface area contributed by atoms with Crippen LogP contribution < -0.4 is 10.1 Å². The highest BCUT2D eigenvalue weighted by molar-refractivity contribution is 6.07. The average molecular weight is 315 g/mol. The summed E-state index contributed by atoms with van der Waals surface area (Å²) in [6.07, 6.45) is 0. The summed E-state index contributed by atoms with van der Waals surface area (Å²) in [5.74, 6) is -0.394. The first-order valence-electron chi connectivity index (χ1n) is 7.25. The maximum atomic E-state index is 12.4. The highest BCUT2D eigenvalue weighted by Crippen LogP contribution is 2.41. The number of aromatic hydroxyl groups is 2. The lowest BCUT2D eigenvalue weighted by Crippen LogP contribution is -2.16. The fourth-order valence-corrected chi connectivity index (χ4v) is 2.32. The van der Waals surface area contributed by atoms with Crippen molar-refractivity contribution in [2.45, 2.75) is 26.2 Å². The third-order valence-corrected chi connectivity index (χ3v) is 3.55. The van der Waals surface area contributed by atoms with Gasteiger partial charge >= 0.3 is 0 Å². The molecule has 0 radical (unpaired) electrons. The molecule has 0 unspecified atom stereocenters. The van der Waals surface area contributed by atoms with Crippen LogP contribution in [0.4, 0.5) is 5.69 Å². The number of carbonyl (C=O) groups excluding carboxylic acids is 1. The molecule has 3 N–H and O–H groups in total. The minimum Gasteiger partial charge on any atom is -0.506 e. The van der Waals surface area contributed by atoms with Gasteiger partial charge in [0.2, 0.25) is 0 Å². The predicted molar refractivity (Wildman–Crippen MR) is 89.4 cm³/mol. The van der Waals surface area contributed by atoms with Crippen molar-refractivity contribution >= 4 is 11.6 Å². The second-order valence-electron chi connectivity index (χ2n) is 6.26. The van der Waals surface area contributed by atoms with E-state index in [1.807, 2.05) is 20.8 Å². The lowest BCUT2D eigenvalue weighted by Gasteiger charge is -2.22. The van der Waals surface area contributed by atoms with Gasteiger partial charge in [-0.2, -0.15) is 0 Å². The molecular formula is C18H21NO4. The Hall–Kier alpha value is -2.69. The van der Waals surface area contributed by atoms with Crippen LogP contribution in [0.3, 0.4) is 0 Å². The van der Waals surface area contributed by atoms with Crippen molar-refractivity contribution in [2.24, 2.45) is 0 Å².